The molecule has 2 aliphatic rings. The normalized spacial score (nSPS) is 24.0. The number of hydrogen-bond acceptors (Lipinski definition) is 5. The van der Waals surface area contributed by atoms with Crippen molar-refractivity contribution in [3.63, 3.8) is 0 Å². The Labute approximate surface area is 147 Å². The second kappa shape index (κ2) is 5.04. The average Bonchev–Trinajstić information content (AvgIpc) is 3.05. The number of anilines is 1. The molecule has 1 saturated heterocycles. The van der Waals surface area contributed by atoms with Crippen molar-refractivity contribution in [3.05, 3.63) is 18.0 Å². The number of fused-ring (bicyclic) bond motifs is 3. The molecule has 24 heavy (non-hydrogen) atoms. The molecule has 0 spiro atoms. The summed E-state index contributed by atoms with van der Waals surface area (Å²) in [6, 6.07) is 0.387. The number of thioether (sulfide) groups is 1. The minimum Gasteiger partial charge on any atom is -0.482 e. The van der Waals surface area contributed by atoms with Crippen molar-refractivity contribution < 1.29 is 4.74 Å². The number of aromatic nitrogens is 3. The van der Waals surface area contributed by atoms with Gasteiger partial charge in [0.15, 0.2) is 17.2 Å². The van der Waals surface area contributed by atoms with Gasteiger partial charge in [-0.2, -0.15) is 16.9 Å². The molecule has 0 aliphatic carbocycles. The lowest BCUT2D eigenvalue weighted by Gasteiger charge is -2.46. The lowest BCUT2D eigenvalue weighted by atomic mass is 9.89. The topological polar surface area (TPSA) is 42.7 Å². The van der Waals surface area contributed by atoms with Crippen molar-refractivity contribution in [3.8, 4) is 5.75 Å². The van der Waals surface area contributed by atoms with E-state index in [9.17, 15) is 0 Å². The van der Waals surface area contributed by atoms with Crippen LogP contribution < -0.4 is 9.64 Å². The van der Waals surface area contributed by atoms with Crippen LogP contribution in [-0.4, -0.2) is 43.8 Å². The minimum absolute atomic E-state index is 0.000390. The second-order valence-corrected chi connectivity index (χ2v) is 9.88. The Hall–Kier alpha value is -1.43. The van der Waals surface area contributed by atoms with Gasteiger partial charge in [0.1, 0.15) is 6.10 Å². The van der Waals surface area contributed by atoms with Gasteiger partial charge in [0.2, 0.25) is 0 Å². The summed E-state index contributed by atoms with van der Waals surface area (Å²) in [7, 11) is 0. The van der Waals surface area contributed by atoms with Crippen molar-refractivity contribution in [2.45, 2.75) is 64.6 Å². The standard InChI is InChI=1S/C18H26N4OS/c1-17(2,3)11-7-19-21-8-13-16(20-15(11)21)22(18(4,5)6)12-9-24-10-14(12)23-13/h7-8,12,14H,9-10H2,1-6H3. The highest BCUT2D eigenvalue weighted by molar-refractivity contribution is 7.99. The van der Waals surface area contributed by atoms with E-state index in [0.29, 0.717) is 6.04 Å². The Morgan fingerprint density at radius 3 is 2.58 bits per heavy atom. The van der Waals surface area contributed by atoms with Crippen LogP contribution in [0.2, 0.25) is 0 Å². The fraction of sp³-hybridized carbons (Fsp3) is 0.667. The van der Waals surface area contributed by atoms with Gasteiger partial charge in [0.05, 0.1) is 18.4 Å². The summed E-state index contributed by atoms with van der Waals surface area (Å²) in [6.45, 7) is 13.4. The molecular formula is C18H26N4OS. The SMILES string of the molecule is CC(C)(C)c1cnn2cc3c(nc12)N(C(C)(C)C)C1CSCC1O3. The van der Waals surface area contributed by atoms with E-state index in [-0.39, 0.29) is 17.1 Å². The van der Waals surface area contributed by atoms with E-state index < -0.39 is 0 Å². The van der Waals surface area contributed by atoms with E-state index in [2.05, 4.69) is 51.5 Å². The van der Waals surface area contributed by atoms with Crippen LogP contribution in [0.25, 0.3) is 5.65 Å². The summed E-state index contributed by atoms with van der Waals surface area (Å²) in [6.07, 6.45) is 4.18. The number of hydrogen-bond donors (Lipinski definition) is 0. The highest BCUT2D eigenvalue weighted by Crippen LogP contribution is 2.43. The van der Waals surface area contributed by atoms with Crippen molar-refractivity contribution in [1.29, 1.82) is 0 Å². The van der Waals surface area contributed by atoms with Crippen LogP contribution >= 0.6 is 11.8 Å². The van der Waals surface area contributed by atoms with Crippen LogP contribution in [-0.2, 0) is 5.41 Å². The maximum Gasteiger partial charge on any atom is 0.180 e. The van der Waals surface area contributed by atoms with Gasteiger partial charge >= 0.3 is 0 Å². The lowest BCUT2D eigenvalue weighted by Crippen LogP contribution is -2.57. The Bertz CT molecular complexity index is 787. The zero-order valence-corrected chi connectivity index (χ0v) is 16.1. The van der Waals surface area contributed by atoms with Crippen LogP contribution in [0.4, 0.5) is 5.82 Å². The summed E-state index contributed by atoms with van der Waals surface area (Å²) in [5, 5.41) is 4.52. The molecule has 2 unspecified atom stereocenters. The Kier molecular flexibility index (Phi) is 3.37. The molecule has 4 heterocycles. The fourth-order valence-electron chi connectivity index (χ4n) is 3.68. The van der Waals surface area contributed by atoms with Gasteiger partial charge in [0, 0.05) is 22.6 Å². The van der Waals surface area contributed by atoms with Gasteiger partial charge in [-0.25, -0.2) is 9.50 Å². The Morgan fingerprint density at radius 1 is 1.17 bits per heavy atom. The number of rotatable bonds is 0. The summed E-state index contributed by atoms with van der Waals surface area (Å²) < 4.78 is 8.16. The molecule has 0 amide bonds. The molecular weight excluding hydrogens is 320 g/mol. The van der Waals surface area contributed by atoms with Crippen molar-refractivity contribution in [2.24, 2.45) is 0 Å². The molecule has 6 heteroatoms. The van der Waals surface area contributed by atoms with E-state index in [1.165, 1.54) is 5.56 Å². The van der Waals surface area contributed by atoms with E-state index >= 15 is 0 Å². The van der Waals surface area contributed by atoms with Crippen LogP contribution in [0.3, 0.4) is 0 Å². The molecule has 1 fully saturated rings. The van der Waals surface area contributed by atoms with E-state index in [0.717, 1.165) is 28.7 Å². The molecule has 0 aromatic carbocycles. The highest BCUT2D eigenvalue weighted by atomic mass is 32.2. The van der Waals surface area contributed by atoms with Crippen molar-refractivity contribution in [1.82, 2.24) is 14.6 Å². The molecule has 5 nitrogen and oxygen atoms in total. The fourth-order valence-corrected chi connectivity index (χ4v) is 4.95. The monoisotopic (exact) mass is 346 g/mol. The summed E-state index contributed by atoms with van der Waals surface area (Å²) in [4.78, 5) is 7.51. The second-order valence-electron chi connectivity index (χ2n) is 8.81. The van der Waals surface area contributed by atoms with Crippen LogP contribution in [0.1, 0.15) is 47.1 Å². The predicted octanol–water partition coefficient (Wildman–Crippen LogP) is 3.51. The quantitative estimate of drug-likeness (QED) is 0.730. The molecule has 0 bridgehead atoms. The third kappa shape index (κ3) is 2.38. The van der Waals surface area contributed by atoms with Crippen LogP contribution in [0.15, 0.2) is 12.4 Å². The maximum absolute atomic E-state index is 6.30. The first-order valence-electron chi connectivity index (χ1n) is 8.59. The van der Waals surface area contributed by atoms with Gasteiger partial charge in [-0.05, 0) is 26.2 Å². The molecule has 130 valence electrons. The summed E-state index contributed by atoms with van der Waals surface area (Å²) in [5.41, 5.74) is 2.11. The Morgan fingerprint density at radius 2 is 1.92 bits per heavy atom. The predicted molar refractivity (Wildman–Crippen MR) is 99.4 cm³/mol. The van der Waals surface area contributed by atoms with Crippen LogP contribution in [0, 0.1) is 0 Å². The maximum atomic E-state index is 6.30. The largest absolute Gasteiger partial charge is 0.482 e. The third-order valence-corrected chi connectivity index (χ3v) is 5.95. The van der Waals surface area contributed by atoms with Crippen LogP contribution in [0.5, 0.6) is 5.75 Å². The average molecular weight is 347 g/mol. The first-order valence-corrected chi connectivity index (χ1v) is 9.74. The minimum atomic E-state index is -0.000390. The first-order chi connectivity index (χ1) is 11.2. The molecule has 2 aliphatic heterocycles. The lowest BCUT2D eigenvalue weighted by molar-refractivity contribution is 0.172. The van der Waals surface area contributed by atoms with Crippen molar-refractivity contribution in [2.75, 3.05) is 16.4 Å². The smallest absolute Gasteiger partial charge is 0.180 e. The van der Waals surface area contributed by atoms with Gasteiger partial charge in [-0.3, -0.25) is 0 Å². The first kappa shape index (κ1) is 16.1. The van der Waals surface area contributed by atoms with Gasteiger partial charge < -0.3 is 9.64 Å². The van der Waals surface area contributed by atoms with Crippen molar-refractivity contribution >= 4 is 23.2 Å². The molecule has 2 aromatic heterocycles. The highest BCUT2D eigenvalue weighted by Gasteiger charge is 2.45. The van der Waals surface area contributed by atoms with E-state index in [4.69, 9.17) is 9.72 Å². The Balaban J connectivity index is 1.93. The number of ether oxygens (including phenoxy) is 1. The number of nitrogens with zero attached hydrogens (tertiary/aromatic N) is 4. The molecule has 0 N–H and O–H groups in total. The third-order valence-electron chi connectivity index (χ3n) is 4.81. The van der Waals surface area contributed by atoms with E-state index in [1.54, 1.807) is 0 Å². The molecule has 2 atom stereocenters. The zero-order chi connectivity index (χ0) is 17.3. The summed E-state index contributed by atoms with van der Waals surface area (Å²) >= 11 is 1.97. The molecule has 0 saturated carbocycles. The molecule has 4 rings (SSSR count). The zero-order valence-electron chi connectivity index (χ0n) is 15.3. The van der Waals surface area contributed by atoms with E-state index in [1.807, 2.05) is 28.7 Å². The summed E-state index contributed by atoms with van der Waals surface area (Å²) in [5.74, 6) is 3.95. The molecule has 2 aromatic rings. The van der Waals surface area contributed by atoms with Gasteiger partial charge in [0.25, 0.3) is 0 Å². The van der Waals surface area contributed by atoms with Gasteiger partial charge in [-0.1, -0.05) is 20.8 Å². The molecule has 0 radical (unpaired) electrons. The van der Waals surface area contributed by atoms with Gasteiger partial charge in [-0.15, -0.1) is 0 Å².